The number of carbonyl (C=O) groups is 2. The van der Waals surface area contributed by atoms with Gasteiger partial charge in [0.1, 0.15) is 24.8 Å². The summed E-state index contributed by atoms with van der Waals surface area (Å²) >= 11 is 0. The van der Waals surface area contributed by atoms with Crippen LogP contribution in [0.1, 0.15) is 20.3 Å². The van der Waals surface area contributed by atoms with Crippen molar-refractivity contribution in [2.45, 2.75) is 44.1 Å². The molecule has 3 heterocycles. The number of esters is 1. The number of hydroxylamine groups is 2. The van der Waals surface area contributed by atoms with Gasteiger partial charge in [-0.2, -0.15) is 5.06 Å². The van der Waals surface area contributed by atoms with Gasteiger partial charge in [0.25, 0.3) is 0 Å². The third-order valence-corrected chi connectivity index (χ3v) is 5.19. The number of hydrogen-bond acceptors (Lipinski definition) is 11. The van der Waals surface area contributed by atoms with Gasteiger partial charge in [-0.15, -0.1) is 0 Å². The van der Waals surface area contributed by atoms with Crippen LogP contribution in [0.4, 0.5) is 4.79 Å². The first-order valence-electron chi connectivity index (χ1n) is 8.28. The monoisotopic (exact) mass is 369 g/mol. The van der Waals surface area contributed by atoms with Gasteiger partial charge in [-0.3, -0.25) is 10.0 Å². The summed E-state index contributed by atoms with van der Waals surface area (Å²) in [6, 6.07) is -1.39. The van der Waals surface area contributed by atoms with Crippen LogP contribution in [-0.4, -0.2) is 76.2 Å². The number of guanidine groups is 2. The molecule has 3 aliphatic rings. The van der Waals surface area contributed by atoms with Crippen molar-refractivity contribution in [1.82, 2.24) is 9.96 Å². The third kappa shape index (κ3) is 2.40. The minimum atomic E-state index is -1.19. The van der Waals surface area contributed by atoms with Gasteiger partial charge in [0, 0.05) is 12.3 Å². The highest BCUT2D eigenvalue weighted by Crippen LogP contribution is 2.48. The Morgan fingerprint density at radius 2 is 2.04 bits per heavy atom. The van der Waals surface area contributed by atoms with Gasteiger partial charge < -0.3 is 31.6 Å². The normalized spacial score (nSPS) is 35.3. The number of ether oxygens (including phenoxy) is 2. The van der Waals surface area contributed by atoms with Crippen molar-refractivity contribution in [3.05, 3.63) is 0 Å². The number of primary amides is 1. The molecule has 4 unspecified atom stereocenters. The quantitative estimate of drug-likeness (QED) is 0.413. The summed E-state index contributed by atoms with van der Waals surface area (Å²) in [5.74, 6) is -0.800. The number of carbonyl (C=O) groups excluding carboxylic acids is 2. The maximum atomic E-state index is 11.8. The van der Waals surface area contributed by atoms with Gasteiger partial charge >= 0.3 is 12.1 Å². The molecular weight excluding hydrogens is 346 g/mol. The summed E-state index contributed by atoms with van der Waals surface area (Å²) < 4.78 is 10.4. The van der Waals surface area contributed by atoms with Crippen LogP contribution < -0.4 is 17.2 Å². The summed E-state index contributed by atoms with van der Waals surface area (Å²) in [6.07, 6.45) is -1.29. The molecule has 0 aromatic carbocycles. The van der Waals surface area contributed by atoms with E-state index in [4.69, 9.17) is 26.7 Å². The maximum Gasteiger partial charge on any atom is 0.404 e. The van der Waals surface area contributed by atoms with Crippen molar-refractivity contribution in [3.63, 3.8) is 0 Å². The molecule has 12 nitrogen and oxygen atoms in total. The summed E-state index contributed by atoms with van der Waals surface area (Å²) in [5, 5.41) is 11.5. The number of aliphatic imine (C=N–C) groups is 2. The van der Waals surface area contributed by atoms with E-state index in [2.05, 4.69) is 9.98 Å². The smallest absolute Gasteiger partial charge is 0.404 e. The molecule has 0 saturated carbocycles. The molecule has 144 valence electrons. The van der Waals surface area contributed by atoms with Gasteiger partial charge in [-0.25, -0.2) is 14.8 Å². The first kappa shape index (κ1) is 18.0. The fraction of sp³-hybridized carbons (Fsp3) is 0.714. The van der Waals surface area contributed by atoms with Crippen LogP contribution >= 0.6 is 0 Å². The largest absolute Gasteiger partial charge is 0.460 e. The van der Waals surface area contributed by atoms with Crippen LogP contribution in [0.3, 0.4) is 0 Å². The highest BCUT2D eigenvalue weighted by Gasteiger charge is 2.68. The Morgan fingerprint density at radius 3 is 2.65 bits per heavy atom. The van der Waals surface area contributed by atoms with Gasteiger partial charge in [0.05, 0.1) is 6.54 Å². The van der Waals surface area contributed by atoms with Crippen molar-refractivity contribution in [2.24, 2.45) is 33.1 Å². The van der Waals surface area contributed by atoms with Crippen molar-refractivity contribution >= 4 is 24.0 Å². The lowest BCUT2D eigenvalue weighted by atomic mass is 9.83. The second-order valence-corrected chi connectivity index (χ2v) is 6.49. The van der Waals surface area contributed by atoms with Crippen LogP contribution in [0.25, 0.3) is 0 Å². The number of rotatable bonds is 4. The Morgan fingerprint density at radius 1 is 1.35 bits per heavy atom. The lowest BCUT2D eigenvalue weighted by Crippen LogP contribution is -2.71. The predicted molar refractivity (Wildman–Crippen MR) is 88.8 cm³/mol. The second-order valence-electron chi connectivity index (χ2n) is 6.49. The average Bonchev–Trinajstić information content (AvgIpc) is 3.03. The SMILES string of the molecule is CCC(=O)OC1CN2C(N)=N[C@@H](COC(N)=O)C3N=C(N)N(O)C32C1C. The van der Waals surface area contributed by atoms with E-state index in [1.54, 1.807) is 11.8 Å². The molecule has 1 fully saturated rings. The molecule has 0 radical (unpaired) electrons. The van der Waals surface area contributed by atoms with E-state index >= 15 is 0 Å². The molecule has 1 amide bonds. The van der Waals surface area contributed by atoms with Gasteiger partial charge in [-0.05, 0) is 0 Å². The van der Waals surface area contributed by atoms with Crippen LogP contribution in [0.15, 0.2) is 9.98 Å². The van der Waals surface area contributed by atoms with Crippen molar-refractivity contribution in [2.75, 3.05) is 13.2 Å². The molecule has 1 saturated heterocycles. The second kappa shape index (κ2) is 6.20. The van der Waals surface area contributed by atoms with E-state index in [-0.39, 0.29) is 37.5 Å². The lowest BCUT2D eigenvalue weighted by molar-refractivity contribution is -0.174. The Balaban J connectivity index is 1.98. The Hall–Kier alpha value is -2.76. The van der Waals surface area contributed by atoms with Gasteiger partial charge in [0.2, 0.25) is 5.96 Å². The minimum absolute atomic E-state index is 0.102. The van der Waals surface area contributed by atoms with Crippen molar-refractivity contribution < 1.29 is 24.3 Å². The molecule has 0 aromatic rings. The summed E-state index contributed by atoms with van der Waals surface area (Å²) in [4.78, 5) is 33.0. The van der Waals surface area contributed by atoms with Crippen molar-refractivity contribution in [3.8, 4) is 0 Å². The number of hydrogen-bond donors (Lipinski definition) is 4. The van der Waals surface area contributed by atoms with Crippen molar-refractivity contribution in [1.29, 1.82) is 0 Å². The Bertz CT molecular complexity index is 683. The fourth-order valence-corrected chi connectivity index (χ4v) is 3.98. The van der Waals surface area contributed by atoms with E-state index in [0.29, 0.717) is 0 Å². The number of amides is 1. The topological polar surface area (TPSA) is 182 Å². The van der Waals surface area contributed by atoms with Crippen LogP contribution in [0.2, 0.25) is 0 Å². The number of nitrogens with two attached hydrogens (primary N) is 3. The van der Waals surface area contributed by atoms with E-state index in [1.165, 1.54) is 0 Å². The Kier molecular flexibility index (Phi) is 4.30. The van der Waals surface area contributed by atoms with Crippen LogP contribution in [-0.2, 0) is 14.3 Å². The predicted octanol–water partition coefficient (Wildman–Crippen LogP) is -1.86. The van der Waals surface area contributed by atoms with Gasteiger partial charge in [-0.1, -0.05) is 13.8 Å². The van der Waals surface area contributed by atoms with Crippen LogP contribution in [0.5, 0.6) is 0 Å². The zero-order valence-electron chi connectivity index (χ0n) is 14.5. The molecule has 26 heavy (non-hydrogen) atoms. The lowest BCUT2D eigenvalue weighted by Gasteiger charge is -2.49. The Labute approximate surface area is 149 Å². The minimum Gasteiger partial charge on any atom is -0.460 e. The van der Waals surface area contributed by atoms with E-state index in [1.807, 2.05) is 6.92 Å². The summed E-state index contributed by atoms with van der Waals surface area (Å²) in [7, 11) is 0. The molecule has 0 bridgehead atoms. The van der Waals surface area contributed by atoms with Crippen LogP contribution in [0, 0.1) is 5.92 Å². The van der Waals surface area contributed by atoms with E-state index in [0.717, 1.165) is 5.06 Å². The zero-order valence-corrected chi connectivity index (χ0v) is 14.5. The highest BCUT2D eigenvalue weighted by molar-refractivity contribution is 5.86. The third-order valence-electron chi connectivity index (χ3n) is 5.19. The molecule has 7 N–H and O–H groups in total. The molecule has 1 spiro atoms. The van der Waals surface area contributed by atoms with E-state index < -0.39 is 35.9 Å². The zero-order chi connectivity index (χ0) is 19.2. The summed E-state index contributed by atoms with van der Waals surface area (Å²) in [6.45, 7) is 3.55. The molecule has 3 rings (SSSR count). The number of nitrogens with zero attached hydrogens (tertiary/aromatic N) is 4. The molecule has 3 aliphatic heterocycles. The standard InChI is InChI=1S/C14H23N7O5/c1-3-9(22)26-8-4-20-11(15)18-7(5-25-13(17)23)10-14(20,6(8)2)21(24)12(16)19-10/h6-8,10,24H,3-5H2,1-2H3,(H2,15,18)(H2,16,19)(H2,17,23)/t6?,7-,8?,10?,14?/m0/s1. The fourth-order valence-electron chi connectivity index (χ4n) is 3.98. The average molecular weight is 369 g/mol. The first-order chi connectivity index (χ1) is 12.2. The maximum absolute atomic E-state index is 11.8. The highest BCUT2D eigenvalue weighted by atomic mass is 16.6. The molecular formula is C14H23N7O5. The van der Waals surface area contributed by atoms with E-state index in [9.17, 15) is 14.8 Å². The molecule has 0 aliphatic carbocycles. The van der Waals surface area contributed by atoms with Gasteiger partial charge in [0.15, 0.2) is 11.6 Å². The molecule has 0 aromatic heterocycles. The summed E-state index contributed by atoms with van der Waals surface area (Å²) in [5.41, 5.74) is 15.8. The first-order valence-corrected chi connectivity index (χ1v) is 8.28. The molecule has 12 heteroatoms. The molecule has 5 atom stereocenters.